The van der Waals surface area contributed by atoms with Gasteiger partial charge in [-0.1, -0.05) is 12.1 Å². The molecule has 1 aliphatic rings. The molecule has 2 rings (SSSR count). The van der Waals surface area contributed by atoms with Gasteiger partial charge in [0, 0.05) is 45.2 Å². The fourth-order valence-corrected chi connectivity index (χ4v) is 3.70. The van der Waals surface area contributed by atoms with Gasteiger partial charge in [0.2, 0.25) is 0 Å². The van der Waals surface area contributed by atoms with Gasteiger partial charge in [0.25, 0.3) is 0 Å². The molecule has 5 nitrogen and oxygen atoms in total. The third-order valence-corrected chi connectivity index (χ3v) is 5.64. The van der Waals surface area contributed by atoms with Crippen LogP contribution in [0.2, 0.25) is 0 Å². The normalized spacial score (nSPS) is 16.5. The van der Waals surface area contributed by atoms with Gasteiger partial charge in [0.15, 0.2) is 5.96 Å². The molecule has 0 unspecified atom stereocenters. The minimum Gasteiger partial charge on any atom is -0.356 e. The minimum atomic E-state index is 0. The van der Waals surface area contributed by atoms with Crippen LogP contribution in [0.25, 0.3) is 0 Å². The molecule has 7 heteroatoms. The van der Waals surface area contributed by atoms with Gasteiger partial charge in [0.05, 0.1) is 0 Å². The number of hydrogen-bond donors (Lipinski definition) is 1. The number of nitrogens with one attached hydrogen (secondary N) is 1. The van der Waals surface area contributed by atoms with E-state index in [2.05, 4.69) is 69.6 Å². The quantitative estimate of drug-likeness (QED) is 0.203. The largest absolute Gasteiger partial charge is 0.356 e. The minimum absolute atomic E-state index is 0. The first kappa shape index (κ1) is 24.5. The summed E-state index contributed by atoms with van der Waals surface area (Å²) in [5, 5.41) is 3.51. The summed E-state index contributed by atoms with van der Waals surface area (Å²) in [6.07, 6.45) is 4.54. The maximum Gasteiger partial charge on any atom is 0.193 e. The lowest BCUT2D eigenvalue weighted by atomic mass is 10.2. The standard InChI is InChI=1S/C20H35N5S.HI/c1-21-20(24(3)17-18-7-9-19(26-4)10-8-18)22-11-5-13-25-14-6-12-23(2)15-16-25;/h7-10H,5-6,11-17H2,1-4H3,(H,21,22);1H. The number of rotatable bonds is 7. The summed E-state index contributed by atoms with van der Waals surface area (Å²) in [7, 11) is 6.18. The third kappa shape index (κ3) is 9.02. The van der Waals surface area contributed by atoms with Crippen LogP contribution in [0, 0.1) is 0 Å². The third-order valence-electron chi connectivity index (χ3n) is 4.90. The molecule has 0 aromatic heterocycles. The van der Waals surface area contributed by atoms with Crippen LogP contribution in [0.15, 0.2) is 34.2 Å². The van der Waals surface area contributed by atoms with E-state index in [-0.39, 0.29) is 24.0 Å². The Hall–Kier alpha value is -0.510. The Morgan fingerprint density at radius 2 is 1.93 bits per heavy atom. The van der Waals surface area contributed by atoms with Crippen LogP contribution in [0.1, 0.15) is 18.4 Å². The maximum absolute atomic E-state index is 4.43. The van der Waals surface area contributed by atoms with Crippen LogP contribution in [0.3, 0.4) is 0 Å². The predicted molar refractivity (Wildman–Crippen MR) is 130 cm³/mol. The highest BCUT2D eigenvalue weighted by Crippen LogP contribution is 2.15. The lowest BCUT2D eigenvalue weighted by Gasteiger charge is -2.23. The van der Waals surface area contributed by atoms with E-state index in [4.69, 9.17) is 0 Å². The molecular formula is C20H36IN5S. The van der Waals surface area contributed by atoms with Crippen molar-refractivity contribution in [2.75, 3.05) is 66.7 Å². The summed E-state index contributed by atoms with van der Waals surface area (Å²) in [6.45, 7) is 7.83. The Balaban J connectivity index is 0.00000364. The fourth-order valence-electron chi connectivity index (χ4n) is 3.29. The summed E-state index contributed by atoms with van der Waals surface area (Å²) in [6, 6.07) is 8.77. The fraction of sp³-hybridized carbons (Fsp3) is 0.650. The van der Waals surface area contributed by atoms with Crippen molar-refractivity contribution >= 4 is 41.7 Å². The monoisotopic (exact) mass is 505 g/mol. The van der Waals surface area contributed by atoms with Crippen LogP contribution < -0.4 is 5.32 Å². The molecule has 0 saturated carbocycles. The molecule has 1 aromatic carbocycles. The molecule has 0 atom stereocenters. The van der Waals surface area contributed by atoms with Crippen LogP contribution in [-0.4, -0.2) is 87.3 Å². The molecule has 0 radical (unpaired) electrons. The van der Waals surface area contributed by atoms with Gasteiger partial charge in [-0.3, -0.25) is 4.99 Å². The van der Waals surface area contributed by atoms with Gasteiger partial charge >= 0.3 is 0 Å². The smallest absolute Gasteiger partial charge is 0.193 e. The van der Waals surface area contributed by atoms with Gasteiger partial charge in [-0.15, -0.1) is 35.7 Å². The molecule has 1 fully saturated rings. The van der Waals surface area contributed by atoms with Crippen molar-refractivity contribution in [2.45, 2.75) is 24.3 Å². The Morgan fingerprint density at radius 3 is 2.59 bits per heavy atom. The lowest BCUT2D eigenvalue weighted by Crippen LogP contribution is -2.40. The first-order valence-electron chi connectivity index (χ1n) is 9.58. The first-order valence-corrected chi connectivity index (χ1v) is 10.8. The molecule has 0 amide bonds. The number of likely N-dealkylation sites (N-methyl/N-ethyl adjacent to an activating group) is 1. The van der Waals surface area contributed by atoms with Crippen molar-refractivity contribution in [3.63, 3.8) is 0 Å². The van der Waals surface area contributed by atoms with Crippen molar-refractivity contribution in [2.24, 2.45) is 4.99 Å². The highest BCUT2D eigenvalue weighted by Gasteiger charge is 2.12. The van der Waals surface area contributed by atoms with E-state index in [0.29, 0.717) is 0 Å². The number of benzene rings is 1. The zero-order valence-electron chi connectivity index (χ0n) is 17.3. The van der Waals surface area contributed by atoms with E-state index < -0.39 is 0 Å². The summed E-state index contributed by atoms with van der Waals surface area (Å²) in [5.41, 5.74) is 1.31. The van der Waals surface area contributed by atoms with E-state index >= 15 is 0 Å². The van der Waals surface area contributed by atoms with Crippen molar-refractivity contribution in [3.05, 3.63) is 29.8 Å². The molecule has 1 saturated heterocycles. The van der Waals surface area contributed by atoms with Crippen LogP contribution in [0.4, 0.5) is 0 Å². The lowest BCUT2D eigenvalue weighted by molar-refractivity contribution is 0.273. The van der Waals surface area contributed by atoms with Crippen LogP contribution in [0.5, 0.6) is 0 Å². The average Bonchev–Trinajstić information content (AvgIpc) is 2.86. The Labute approximate surface area is 187 Å². The van der Waals surface area contributed by atoms with Gasteiger partial charge in [-0.2, -0.15) is 0 Å². The predicted octanol–water partition coefficient (Wildman–Crippen LogP) is 3.06. The Morgan fingerprint density at radius 1 is 1.19 bits per heavy atom. The number of halogens is 1. The van der Waals surface area contributed by atoms with E-state index in [1.165, 1.54) is 43.1 Å². The van der Waals surface area contributed by atoms with E-state index in [1.807, 2.05) is 7.05 Å². The second-order valence-corrected chi connectivity index (χ2v) is 7.91. The molecule has 1 N–H and O–H groups in total. The molecule has 0 spiro atoms. The Kier molecular flexibility index (Phi) is 12.4. The van der Waals surface area contributed by atoms with E-state index in [1.54, 1.807) is 11.8 Å². The number of nitrogens with zero attached hydrogens (tertiary/aromatic N) is 4. The molecule has 1 aromatic rings. The number of hydrogen-bond acceptors (Lipinski definition) is 4. The SMILES string of the molecule is CN=C(NCCCN1CCCN(C)CC1)N(C)Cc1ccc(SC)cc1.I. The van der Waals surface area contributed by atoms with Crippen molar-refractivity contribution < 1.29 is 0 Å². The van der Waals surface area contributed by atoms with Gasteiger partial charge in [-0.05, 0) is 63.5 Å². The zero-order valence-corrected chi connectivity index (χ0v) is 20.4. The zero-order chi connectivity index (χ0) is 18.8. The van der Waals surface area contributed by atoms with Crippen LogP contribution in [-0.2, 0) is 6.54 Å². The number of aliphatic imine (C=N–C) groups is 1. The van der Waals surface area contributed by atoms with Crippen molar-refractivity contribution in [1.29, 1.82) is 0 Å². The number of thioether (sulfide) groups is 1. The van der Waals surface area contributed by atoms with E-state index in [0.717, 1.165) is 32.0 Å². The first-order chi connectivity index (χ1) is 12.6. The molecule has 1 aliphatic heterocycles. The molecule has 0 bridgehead atoms. The molecule has 1 heterocycles. The maximum atomic E-state index is 4.43. The van der Waals surface area contributed by atoms with Gasteiger partial charge in [0.1, 0.15) is 0 Å². The number of guanidine groups is 1. The topological polar surface area (TPSA) is 34.1 Å². The molecular weight excluding hydrogens is 469 g/mol. The summed E-state index contributed by atoms with van der Waals surface area (Å²) in [5.74, 6) is 0.967. The van der Waals surface area contributed by atoms with Crippen molar-refractivity contribution in [1.82, 2.24) is 20.0 Å². The van der Waals surface area contributed by atoms with Gasteiger partial charge < -0.3 is 20.0 Å². The Bertz CT molecular complexity index is 552. The average molecular weight is 506 g/mol. The highest BCUT2D eigenvalue weighted by atomic mass is 127. The highest BCUT2D eigenvalue weighted by molar-refractivity contribution is 14.0. The van der Waals surface area contributed by atoms with Crippen molar-refractivity contribution in [3.8, 4) is 0 Å². The summed E-state index contributed by atoms with van der Waals surface area (Å²) >= 11 is 1.78. The molecule has 27 heavy (non-hydrogen) atoms. The van der Waals surface area contributed by atoms with Gasteiger partial charge in [-0.25, -0.2) is 0 Å². The summed E-state index contributed by atoms with van der Waals surface area (Å²) < 4.78 is 0. The molecule has 154 valence electrons. The second kappa shape index (κ2) is 13.6. The van der Waals surface area contributed by atoms with Crippen LogP contribution >= 0.6 is 35.7 Å². The summed E-state index contributed by atoms with van der Waals surface area (Å²) in [4.78, 5) is 12.9. The second-order valence-electron chi connectivity index (χ2n) is 7.03. The van der Waals surface area contributed by atoms with E-state index in [9.17, 15) is 0 Å². The molecule has 0 aliphatic carbocycles.